The van der Waals surface area contributed by atoms with Gasteiger partial charge in [0.1, 0.15) is 11.5 Å². The fourth-order valence-corrected chi connectivity index (χ4v) is 3.72. The second kappa shape index (κ2) is 7.20. The molecule has 0 unspecified atom stereocenters. The zero-order chi connectivity index (χ0) is 18.8. The molecule has 2 aromatic heterocycles. The largest absolute Gasteiger partial charge is 0.497 e. The molecule has 0 radical (unpaired) electrons. The SMILES string of the molecule is CCOc1ccc2nc(NC(=O)c3cc(OC)cc4cccnc34)sc2c1. The average molecular weight is 379 g/mol. The number of amides is 1. The van der Waals surface area contributed by atoms with Gasteiger partial charge in [0.25, 0.3) is 5.91 Å². The van der Waals surface area contributed by atoms with Crippen molar-refractivity contribution in [3.63, 3.8) is 0 Å². The van der Waals surface area contributed by atoms with E-state index in [0.717, 1.165) is 21.4 Å². The van der Waals surface area contributed by atoms with Crippen molar-refractivity contribution >= 4 is 43.5 Å². The van der Waals surface area contributed by atoms with Gasteiger partial charge in [0.2, 0.25) is 0 Å². The third-order valence-electron chi connectivity index (χ3n) is 4.05. The van der Waals surface area contributed by atoms with Crippen LogP contribution < -0.4 is 14.8 Å². The van der Waals surface area contributed by atoms with Gasteiger partial charge in [-0.1, -0.05) is 17.4 Å². The summed E-state index contributed by atoms with van der Waals surface area (Å²) in [6, 6.07) is 12.9. The van der Waals surface area contributed by atoms with E-state index in [9.17, 15) is 4.79 Å². The summed E-state index contributed by atoms with van der Waals surface area (Å²) in [5.41, 5.74) is 1.88. The minimum Gasteiger partial charge on any atom is -0.497 e. The van der Waals surface area contributed by atoms with Crippen molar-refractivity contribution in [3.8, 4) is 11.5 Å². The molecular formula is C20H17N3O3S. The minimum atomic E-state index is -0.276. The lowest BCUT2D eigenvalue weighted by atomic mass is 10.1. The highest BCUT2D eigenvalue weighted by atomic mass is 32.1. The highest BCUT2D eigenvalue weighted by Gasteiger charge is 2.16. The number of benzene rings is 2. The third-order valence-corrected chi connectivity index (χ3v) is 4.98. The van der Waals surface area contributed by atoms with Crippen LogP contribution in [0.4, 0.5) is 5.13 Å². The first kappa shape index (κ1) is 17.2. The molecule has 0 spiro atoms. The van der Waals surface area contributed by atoms with Gasteiger partial charge in [-0.05, 0) is 43.3 Å². The molecule has 0 aliphatic heterocycles. The molecule has 1 N–H and O–H groups in total. The lowest BCUT2D eigenvalue weighted by Crippen LogP contribution is -2.12. The smallest absolute Gasteiger partial charge is 0.259 e. The van der Waals surface area contributed by atoms with Gasteiger partial charge < -0.3 is 9.47 Å². The topological polar surface area (TPSA) is 73.3 Å². The molecule has 4 aromatic rings. The van der Waals surface area contributed by atoms with Crippen molar-refractivity contribution in [1.82, 2.24) is 9.97 Å². The summed E-state index contributed by atoms with van der Waals surface area (Å²) in [6.07, 6.45) is 1.67. The standard InChI is InChI=1S/C20H17N3O3S/c1-3-26-13-6-7-16-17(11-13)27-20(22-16)23-19(24)15-10-14(25-2)9-12-5-4-8-21-18(12)15/h4-11H,3H2,1-2H3,(H,22,23,24). The Hall–Kier alpha value is -3.19. The second-order valence-corrected chi connectivity index (χ2v) is 6.82. The number of rotatable bonds is 5. The first-order valence-electron chi connectivity index (χ1n) is 8.45. The van der Waals surface area contributed by atoms with E-state index in [1.807, 2.05) is 43.3 Å². The first-order valence-corrected chi connectivity index (χ1v) is 9.27. The quantitative estimate of drug-likeness (QED) is 0.552. The maximum absolute atomic E-state index is 12.9. The van der Waals surface area contributed by atoms with Gasteiger partial charge in [-0.15, -0.1) is 0 Å². The van der Waals surface area contributed by atoms with Crippen LogP contribution in [0.2, 0.25) is 0 Å². The van der Waals surface area contributed by atoms with Crippen molar-refractivity contribution in [2.24, 2.45) is 0 Å². The van der Waals surface area contributed by atoms with Crippen LogP contribution >= 0.6 is 11.3 Å². The van der Waals surface area contributed by atoms with Gasteiger partial charge in [-0.3, -0.25) is 15.1 Å². The Morgan fingerprint density at radius 3 is 2.89 bits per heavy atom. The van der Waals surface area contributed by atoms with E-state index >= 15 is 0 Å². The van der Waals surface area contributed by atoms with Crippen molar-refractivity contribution in [2.45, 2.75) is 6.92 Å². The molecule has 2 heterocycles. The second-order valence-electron chi connectivity index (χ2n) is 5.79. The van der Waals surface area contributed by atoms with E-state index in [0.29, 0.717) is 28.6 Å². The molecule has 0 bridgehead atoms. The average Bonchev–Trinajstić information content (AvgIpc) is 3.08. The predicted molar refractivity (Wildman–Crippen MR) is 107 cm³/mol. The molecule has 1 amide bonds. The van der Waals surface area contributed by atoms with E-state index < -0.39 is 0 Å². The van der Waals surface area contributed by atoms with E-state index in [1.54, 1.807) is 19.4 Å². The van der Waals surface area contributed by atoms with Gasteiger partial charge in [0.05, 0.1) is 35.0 Å². The summed E-state index contributed by atoms with van der Waals surface area (Å²) in [6.45, 7) is 2.54. The molecule has 0 aliphatic carbocycles. The van der Waals surface area contributed by atoms with E-state index in [1.165, 1.54) is 11.3 Å². The maximum atomic E-state index is 12.9. The summed E-state index contributed by atoms with van der Waals surface area (Å²) < 4.78 is 11.8. The highest BCUT2D eigenvalue weighted by Crippen LogP contribution is 2.30. The summed E-state index contributed by atoms with van der Waals surface area (Å²) in [5.74, 6) is 1.11. The molecule has 4 rings (SSSR count). The van der Waals surface area contributed by atoms with Crippen molar-refractivity contribution < 1.29 is 14.3 Å². The lowest BCUT2D eigenvalue weighted by molar-refractivity contribution is 0.102. The van der Waals surface area contributed by atoms with Gasteiger partial charge in [-0.25, -0.2) is 4.98 Å². The Labute approximate surface area is 159 Å². The molecule has 136 valence electrons. The molecule has 6 nitrogen and oxygen atoms in total. The molecule has 2 aromatic carbocycles. The van der Waals surface area contributed by atoms with Crippen LogP contribution in [0, 0.1) is 0 Å². The van der Waals surface area contributed by atoms with Crippen LogP contribution in [0.5, 0.6) is 11.5 Å². The van der Waals surface area contributed by atoms with Crippen LogP contribution in [0.15, 0.2) is 48.7 Å². The molecule has 0 saturated heterocycles. The number of methoxy groups -OCH3 is 1. The van der Waals surface area contributed by atoms with Crippen molar-refractivity contribution in [2.75, 3.05) is 19.0 Å². The number of carbonyl (C=O) groups is 1. The monoisotopic (exact) mass is 379 g/mol. The number of hydrogen-bond donors (Lipinski definition) is 1. The van der Waals surface area contributed by atoms with Crippen LogP contribution in [0.3, 0.4) is 0 Å². The summed E-state index contributed by atoms with van der Waals surface area (Å²) in [7, 11) is 1.57. The Morgan fingerprint density at radius 1 is 1.19 bits per heavy atom. The summed E-state index contributed by atoms with van der Waals surface area (Å²) >= 11 is 1.40. The Bertz CT molecular complexity index is 1140. The van der Waals surface area contributed by atoms with Crippen LogP contribution in [-0.4, -0.2) is 29.6 Å². The fourth-order valence-electron chi connectivity index (χ4n) is 2.84. The normalized spacial score (nSPS) is 10.9. The lowest BCUT2D eigenvalue weighted by Gasteiger charge is -2.08. The number of anilines is 1. The first-order chi connectivity index (χ1) is 13.2. The molecule has 0 saturated carbocycles. The van der Waals surface area contributed by atoms with Gasteiger partial charge >= 0.3 is 0 Å². The number of nitrogens with one attached hydrogen (secondary N) is 1. The van der Waals surface area contributed by atoms with Gasteiger partial charge in [-0.2, -0.15) is 0 Å². The fraction of sp³-hybridized carbons (Fsp3) is 0.150. The zero-order valence-electron chi connectivity index (χ0n) is 14.9. The number of ether oxygens (including phenoxy) is 2. The summed E-state index contributed by atoms with van der Waals surface area (Å²) in [4.78, 5) is 21.7. The number of aromatic nitrogens is 2. The summed E-state index contributed by atoms with van der Waals surface area (Å²) in [5, 5.41) is 4.24. The van der Waals surface area contributed by atoms with Crippen LogP contribution in [0.25, 0.3) is 21.1 Å². The number of fused-ring (bicyclic) bond motifs is 2. The number of pyridine rings is 1. The van der Waals surface area contributed by atoms with E-state index in [-0.39, 0.29) is 5.91 Å². The van der Waals surface area contributed by atoms with Crippen molar-refractivity contribution in [1.29, 1.82) is 0 Å². The minimum absolute atomic E-state index is 0.276. The third kappa shape index (κ3) is 3.41. The Balaban J connectivity index is 1.68. The number of nitrogens with zero attached hydrogens (tertiary/aromatic N) is 2. The van der Waals surface area contributed by atoms with E-state index in [4.69, 9.17) is 9.47 Å². The predicted octanol–water partition coefficient (Wildman–Crippen LogP) is 4.50. The van der Waals surface area contributed by atoms with E-state index in [2.05, 4.69) is 15.3 Å². The molecule has 27 heavy (non-hydrogen) atoms. The Kier molecular flexibility index (Phi) is 4.60. The van der Waals surface area contributed by atoms with Crippen LogP contribution in [-0.2, 0) is 0 Å². The van der Waals surface area contributed by atoms with Gasteiger partial charge in [0.15, 0.2) is 5.13 Å². The number of hydrogen-bond acceptors (Lipinski definition) is 6. The van der Waals surface area contributed by atoms with Gasteiger partial charge in [0, 0.05) is 11.6 Å². The maximum Gasteiger partial charge on any atom is 0.259 e. The molecule has 0 fully saturated rings. The molecular weight excluding hydrogens is 362 g/mol. The van der Waals surface area contributed by atoms with Crippen molar-refractivity contribution in [3.05, 3.63) is 54.2 Å². The Morgan fingerprint density at radius 2 is 2.07 bits per heavy atom. The van der Waals surface area contributed by atoms with Crippen LogP contribution in [0.1, 0.15) is 17.3 Å². The molecule has 0 atom stereocenters. The number of thiazole rings is 1. The highest BCUT2D eigenvalue weighted by molar-refractivity contribution is 7.22. The number of carbonyl (C=O) groups excluding carboxylic acids is 1. The zero-order valence-corrected chi connectivity index (χ0v) is 15.7. The molecule has 0 aliphatic rings. The molecule has 7 heteroatoms.